The number of ether oxygens (including phenoxy) is 1. The Bertz CT molecular complexity index is 525. The van der Waals surface area contributed by atoms with Crippen LogP contribution in [0.4, 0.5) is 0 Å². The Morgan fingerprint density at radius 3 is 2.67 bits per heavy atom. The van der Waals surface area contributed by atoms with Crippen LogP contribution in [0.5, 0.6) is 11.5 Å². The molecule has 2 aromatic rings. The average Bonchev–Trinajstić information content (AvgIpc) is 2.27. The van der Waals surface area contributed by atoms with Crippen molar-refractivity contribution in [3.05, 3.63) is 47.5 Å². The number of hydrogen-bond donors (Lipinski definition) is 0. The zero-order valence-corrected chi connectivity index (χ0v) is 10.4. The summed E-state index contributed by atoms with van der Waals surface area (Å²) in [6, 6.07) is 14.0. The molecule has 0 unspecified atom stereocenters. The molecule has 1 nitrogen and oxygen atoms in total. The number of para-hydroxylation sites is 1. The van der Waals surface area contributed by atoms with Gasteiger partial charge in [-0.05, 0) is 0 Å². The van der Waals surface area contributed by atoms with E-state index in [-0.39, 0.29) is 15.8 Å². The average molecular weight is 278 g/mol. The van der Waals surface area contributed by atoms with E-state index in [0.29, 0.717) is 0 Å². The Balaban J connectivity index is 2.15. The molecule has 1 aliphatic heterocycles. The Kier molecular flexibility index (Phi) is 2.23. The molecule has 0 amide bonds. The Morgan fingerprint density at radius 2 is 1.73 bits per heavy atom. The third-order valence-electron chi connectivity index (χ3n) is 2.27. The summed E-state index contributed by atoms with van der Waals surface area (Å²) in [6.07, 6.45) is 0. The van der Waals surface area contributed by atoms with E-state index in [0.717, 1.165) is 16.5 Å². The summed E-state index contributed by atoms with van der Waals surface area (Å²) in [5.74, 6) is 1.90. The van der Waals surface area contributed by atoms with E-state index in [1.54, 1.807) is 0 Å². The van der Waals surface area contributed by atoms with Crippen LogP contribution in [0.2, 0.25) is 5.02 Å². The molecular weight excluding hydrogens is 271 g/mol. The second-order valence-corrected chi connectivity index (χ2v) is 6.09. The van der Waals surface area contributed by atoms with Gasteiger partial charge in [0.1, 0.15) is 0 Å². The van der Waals surface area contributed by atoms with Crippen molar-refractivity contribution in [2.75, 3.05) is 0 Å². The first kappa shape index (κ1) is 9.32. The molecule has 0 atom stereocenters. The molecule has 2 aromatic carbocycles. The van der Waals surface area contributed by atoms with Gasteiger partial charge in [-0.2, -0.15) is 0 Å². The van der Waals surface area contributed by atoms with Gasteiger partial charge in [0.05, 0.1) is 0 Å². The van der Waals surface area contributed by atoms with Gasteiger partial charge in [-0.25, -0.2) is 0 Å². The van der Waals surface area contributed by atoms with Crippen LogP contribution >= 0.6 is 11.6 Å². The second kappa shape index (κ2) is 3.59. The maximum absolute atomic E-state index is 6.15. The van der Waals surface area contributed by atoms with Gasteiger partial charge in [0, 0.05) is 0 Å². The van der Waals surface area contributed by atoms with Crippen molar-refractivity contribution in [1.29, 1.82) is 0 Å². The van der Waals surface area contributed by atoms with Crippen LogP contribution in [0.3, 0.4) is 0 Å². The van der Waals surface area contributed by atoms with Crippen LogP contribution in [0.15, 0.2) is 42.5 Å². The van der Waals surface area contributed by atoms with E-state index in [9.17, 15) is 0 Å². The number of halogens is 1. The molecule has 0 aliphatic carbocycles. The van der Waals surface area contributed by atoms with Gasteiger partial charge >= 0.3 is 99.8 Å². The fraction of sp³-hybridized carbons (Fsp3) is 0. The summed E-state index contributed by atoms with van der Waals surface area (Å²) >= 11 is 6.10. The molecule has 1 heterocycles. The fourth-order valence-corrected chi connectivity index (χ4v) is 4.14. The van der Waals surface area contributed by atoms with Crippen LogP contribution in [0.25, 0.3) is 0 Å². The second-order valence-electron chi connectivity index (χ2n) is 3.27. The van der Waals surface area contributed by atoms with Gasteiger partial charge in [-0.3, -0.25) is 0 Å². The SMILES string of the molecule is Clc1cccc2c1[As]c1ccccc1O2. The van der Waals surface area contributed by atoms with E-state index in [1.807, 2.05) is 36.4 Å². The molecule has 0 bridgehead atoms. The van der Waals surface area contributed by atoms with Crippen molar-refractivity contribution >= 4 is 36.1 Å². The summed E-state index contributed by atoms with van der Waals surface area (Å²) in [5.41, 5.74) is 0. The van der Waals surface area contributed by atoms with E-state index >= 15 is 0 Å². The zero-order valence-electron chi connectivity index (χ0n) is 7.77. The molecule has 3 heteroatoms. The van der Waals surface area contributed by atoms with E-state index < -0.39 is 0 Å². The van der Waals surface area contributed by atoms with Crippen molar-refractivity contribution in [1.82, 2.24) is 0 Å². The minimum atomic E-state index is -0.0474. The van der Waals surface area contributed by atoms with Gasteiger partial charge in [0.2, 0.25) is 0 Å². The molecule has 0 saturated carbocycles. The quantitative estimate of drug-likeness (QED) is 0.572. The Labute approximate surface area is 99.7 Å². The molecule has 1 aliphatic rings. The molecule has 0 fully saturated rings. The van der Waals surface area contributed by atoms with Gasteiger partial charge < -0.3 is 0 Å². The third-order valence-corrected chi connectivity index (χ3v) is 5.59. The first-order valence-electron chi connectivity index (χ1n) is 4.62. The summed E-state index contributed by atoms with van der Waals surface area (Å²) in [5, 5.41) is 0.821. The van der Waals surface area contributed by atoms with Crippen LogP contribution in [-0.2, 0) is 0 Å². The van der Waals surface area contributed by atoms with Crippen molar-refractivity contribution in [2.24, 2.45) is 0 Å². The van der Waals surface area contributed by atoms with Crippen molar-refractivity contribution in [2.45, 2.75) is 0 Å². The van der Waals surface area contributed by atoms with Gasteiger partial charge in [-0.15, -0.1) is 0 Å². The predicted octanol–water partition coefficient (Wildman–Crippen LogP) is 2.10. The number of hydrogen-bond acceptors (Lipinski definition) is 1. The fourth-order valence-electron chi connectivity index (χ4n) is 1.56. The molecule has 0 aromatic heterocycles. The van der Waals surface area contributed by atoms with Crippen LogP contribution in [0.1, 0.15) is 0 Å². The maximum atomic E-state index is 6.15. The van der Waals surface area contributed by atoms with Crippen LogP contribution in [0, 0.1) is 0 Å². The standard InChI is InChI=1S/C12H7AsClO/c14-9-5-3-7-11-12(9)13-8-4-1-2-6-10(8)15-11/h1-7H. The number of fused-ring (bicyclic) bond motifs is 2. The van der Waals surface area contributed by atoms with E-state index in [1.165, 1.54) is 8.70 Å². The molecule has 0 N–H and O–H groups in total. The molecule has 73 valence electrons. The predicted molar refractivity (Wildman–Crippen MR) is 63.0 cm³/mol. The molecule has 1 radical (unpaired) electrons. The normalized spacial score (nSPS) is 14.2. The summed E-state index contributed by atoms with van der Waals surface area (Å²) in [4.78, 5) is 0. The van der Waals surface area contributed by atoms with Gasteiger partial charge in [0.25, 0.3) is 0 Å². The van der Waals surface area contributed by atoms with Crippen molar-refractivity contribution in [3.8, 4) is 11.5 Å². The van der Waals surface area contributed by atoms with E-state index in [4.69, 9.17) is 16.3 Å². The number of benzene rings is 2. The topological polar surface area (TPSA) is 9.23 Å². The molecule has 15 heavy (non-hydrogen) atoms. The van der Waals surface area contributed by atoms with Crippen LogP contribution in [-0.4, -0.2) is 15.8 Å². The number of rotatable bonds is 0. The molecular formula is C12H7AsClO. The monoisotopic (exact) mass is 277 g/mol. The first-order chi connectivity index (χ1) is 7.34. The van der Waals surface area contributed by atoms with Crippen molar-refractivity contribution < 1.29 is 4.74 Å². The van der Waals surface area contributed by atoms with Gasteiger partial charge in [0.15, 0.2) is 0 Å². The van der Waals surface area contributed by atoms with Crippen molar-refractivity contribution in [3.63, 3.8) is 0 Å². The summed E-state index contributed by atoms with van der Waals surface area (Å²) < 4.78 is 8.26. The van der Waals surface area contributed by atoms with Gasteiger partial charge in [-0.1, -0.05) is 0 Å². The molecule has 3 rings (SSSR count). The Morgan fingerprint density at radius 1 is 0.933 bits per heavy atom. The third kappa shape index (κ3) is 1.56. The summed E-state index contributed by atoms with van der Waals surface area (Å²) in [6.45, 7) is 0. The first-order valence-corrected chi connectivity index (χ1v) is 6.87. The minimum absolute atomic E-state index is 0.0474. The molecule has 0 saturated heterocycles. The molecule has 0 spiro atoms. The van der Waals surface area contributed by atoms with Crippen LogP contribution < -0.4 is 13.4 Å². The Hall–Kier alpha value is -0.912. The zero-order chi connectivity index (χ0) is 10.3. The summed E-state index contributed by atoms with van der Waals surface area (Å²) in [7, 11) is 0. The van der Waals surface area contributed by atoms with E-state index in [2.05, 4.69) is 6.07 Å².